The predicted molar refractivity (Wildman–Crippen MR) is 153 cm³/mol. The highest BCUT2D eigenvalue weighted by atomic mass is 32.1. The van der Waals surface area contributed by atoms with Crippen molar-refractivity contribution in [1.82, 2.24) is 20.2 Å². The lowest BCUT2D eigenvalue weighted by atomic mass is 9.96. The summed E-state index contributed by atoms with van der Waals surface area (Å²) in [5.41, 5.74) is -1.07. The van der Waals surface area contributed by atoms with Gasteiger partial charge in [0.2, 0.25) is 5.91 Å². The third-order valence-corrected chi connectivity index (χ3v) is 9.08. The van der Waals surface area contributed by atoms with Crippen LogP contribution in [0.5, 0.6) is 0 Å². The summed E-state index contributed by atoms with van der Waals surface area (Å²) in [6.45, 7) is 6.63. The van der Waals surface area contributed by atoms with Gasteiger partial charge >= 0.3 is 18.1 Å². The highest BCUT2D eigenvalue weighted by Crippen LogP contribution is 2.35. The number of aromatic nitrogens is 2. The molecule has 2 aromatic rings. The summed E-state index contributed by atoms with van der Waals surface area (Å²) in [5.74, 6) is -2.74. The number of aliphatic carboxylic acids is 1. The van der Waals surface area contributed by atoms with E-state index in [0.29, 0.717) is 17.3 Å². The van der Waals surface area contributed by atoms with Crippen molar-refractivity contribution in [2.24, 2.45) is 17.8 Å². The van der Waals surface area contributed by atoms with Gasteiger partial charge in [0.05, 0.1) is 10.9 Å². The Morgan fingerprint density at radius 2 is 1.79 bits per heavy atom. The number of nitrogens with one attached hydrogen (secondary N) is 1. The number of hydrogen-bond donors (Lipinski definition) is 2. The van der Waals surface area contributed by atoms with Crippen molar-refractivity contribution in [3.63, 3.8) is 0 Å². The van der Waals surface area contributed by atoms with Crippen LogP contribution in [0.25, 0.3) is 0 Å². The molecule has 4 atom stereocenters. The Morgan fingerprint density at radius 3 is 2.33 bits per heavy atom. The lowest BCUT2D eigenvalue weighted by Gasteiger charge is -2.33. The van der Waals surface area contributed by atoms with Gasteiger partial charge in [-0.05, 0) is 31.1 Å². The van der Waals surface area contributed by atoms with Crippen LogP contribution in [0.3, 0.4) is 0 Å². The number of nitrogens with zero attached hydrogens (tertiary/aromatic N) is 3. The number of alkyl halides is 3. The van der Waals surface area contributed by atoms with E-state index in [1.54, 1.807) is 11.9 Å². The summed E-state index contributed by atoms with van der Waals surface area (Å²) in [4.78, 5) is 59.2. The fraction of sp³-hybridized carbons (Fsp3) is 0.643. The minimum absolute atomic E-state index is 0.0143. The molecule has 2 aromatic heterocycles. The molecule has 2 heterocycles. The van der Waals surface area contributed by atoms with Crippen LogP contribution in [0.2, 0.25) is 0 Å². The molecule has 0 aromatic carbocycles. The number of esters is 1. The molecule has 1 saturated carbocycles. The van der Waals surface area contributed by atoms with Crippen LogP contribution in [0.4, 0.5) is 13.2 Å². The Hall–Kier alpha value is -3.07. The lowest BCUT2D eigenvalue weighted by molar-refractivity contribution is -0.148. The molecule has 10 nitrogen and oxygen atoms in total. The van der Waals surface area contributed by atoms with E-state index in [1.807, 2.05) is 13.8 Å². The average Bonchev–Trinajstić information content (AvgIpc) is 3.35. The molecular formula is C28H37F3N4O6S2. The molecule has 1 aliphatic rings. The maximum absolute atomic E-state index is 13.2. The summed E-state index contributed by atoms with van der Waals surface area (Å²) in [6, 6.07) is -1.10. The van der Waals surface area contributed by atoms with E-state index in [9.17, 15) is 37.5 Å². The van der Waals surface area contributed by atoms with Crippen LogP contribution in [0, 0.1) is 17.8 Å². The first-order valence-electron chi connectivity index (χ1n) is 14.0. The number of halogens is 3. The van der Waals surface area contributed by atoms with Crippen molar-refractivity contribution in [2.45, 2.75) is 90.6 Å². The molecule has 1 aliphatic carbocycles. The summed E-state index contributed by atoms with van der Waals surface area (Å²) in [5, 5.41) is 14.9. The van der Waals surface area contributed by atoms with Crippen molar-refractivity contribution < 1.29 is 42.2 Å². The standard InChI is InChI=1S/C28H37F3N4O6S2/c1-14(2)20(35(5)24(37)9-17-6-7-17)11-21(41-16(4)36)26-33-19(12-43-26)25(38)32-18(8-15(3)27(39)40)10-23-34-22(13-42-23)28(29,30)31/h12-15,17-18,20-21H,6-11H2,1-5H3,(H,32,38)(H,39,40)/t15-,18+,20?,21?/m0/s1. The summed E-state index contributed by atoms with van der Waals surface area (Å²) in [7, 11) is 1.74. The monoisotopic (exact) mass is 646 g/mol. The maximum atomic E-state index is 13.2. The molecule has 2 unspecified atom stereocenters. The van der Waals surface area contributed by atoms with Crippen molar-refractivity contribution >= 4 is 46.4 Å². The molecule has 0 aliphatic heterocycles. The second-order valence-corrected chi connectivity index (χ2v) is 13.2. The molecule has 2 N–H and O–H groups in total. The van der Waals surface area contributed by atoms with Gasteiger partial charge in [0.1, 0.15) is 10.7 Å². The number of carboxylic acid groups (broad SMARTS) is 1. The number of carbonyl (C=O) groups excluding carboxylic acids is 3. The quantitative estimate of drug-likeness (QED) is 0.247. The molecule has 2 amide bonds. The van der Waals surface area contributed by atoms with Crippen LogP contribution in [-0.4, -0.2) is 62.9 Å². The van der Waals surface area contributed by atoms with E-state index < -0.39 is 47.8 Å². The zero-order valence-corrected chi connectivity index (χ0v) is 26.3. The summed E-state index contributed by atoms with van der Waals surface area (Å²) >= 11 is 1.87. The van der Waals surface area contributed by atoms with Gasteiger partial charge < -0.3 is 20.1 Å². The van der Waals surface area contributed by atoms with E-state index >= 15 is 0 Å². The second-order valence-electron chi connectivity index (χ2n) is 11.3. The third-order valence-electron chi connectivity index (χ3n) is 7.27. The highest BCUT2D eigenvalue weighted by molar-refractivity contribution is 7.10. The Labute approximate surface area is 256 Å². The van der Waals surface area contributed by atoms with Crippen LogP contribution in [0.1, 0.15) is 92.1 Å². The van der Waals surface area contributed by atoms with Crippen LogP contribution in [-0.2, 0) is 31.7 Å². The molecule has 0 radical (unpaired) electrons. The third kappa shape index (κ3) is 10.3. The average molecular weight is 647 g/mol. The van der Waals surface area contributed by atoms with E-state index in [4.69, 9.17) is 4.74 Å². The van der Waals surface area contributed by atoms with Crippen LogP contribution < -0.4 is 5.32 Å². The van der Waals surface area contributed by atoms with Crippen molar-refractivity contribution in [3.05, 3.63) is 32.2 Å². The van der Waals surface area contributed by atoms with Gasteiger partial charge in [0.15, 0.2) is 11.8 Å². The molecule has 3 rings (SSSR count). The number of carboxylic acids is 1. The first-order valence-corrected chi connectivity index (χ1v) is 15.7. The molecule has 238 valence electrons. The minimum Gasteiger partial charge on any atom is -0.481 e. The van der Waals surface area contributed by atoms with E-state index in [0.717, 1.165) is 40.9 Å². The number of rotatable bonds is 15. The van der Waals surface area contributed by atoms with E-state index in [-0.39, 0.29) is 47.8 Å². The number of amides is 2. The largest absolute Gasteiger partial charge is 0.481 e. The van der Waals surface area contributed by atoms with Crippen LogP contribution in [0.15, 0.2) is 10.8 Å². The normalized spacial score (nSPS) is 16.3. The topological polar surface area (TPSA) is 139 Å². The first kappa shape index (κ1) is 34.4. The Kier molecular flexibility index (Phi) is 11.7. The van der Waals surface area contributed by atoms with Gasteiger partial charge in [-0.2, -0.15) is 13.2 Å². The first-order chi connectivity index (χ1) is 20.0. The van der Waals surface area contributed by atoms with Crippen LogP contribution >= 0.6 is 22.7 Å². The van der Waals surface area contributed by atoms with E-state index in [1.165, 1.54) is 19.2 Å². The minimum atomic E-state index is -4.62. The fourth-order valence-corrected chi connectivity index (χ4v) is 6.38. The van der Waals surface area contributed by atoms with Crippen molar-refractivity contribution in [2.75, 3.05) is 7.05 Å². The zero-order chi connectivity index (χ0) is 32.1. The second kappa shape index (κ2) is 14.6. The summed E-state index contributed by atoms with van der Waals surface area (Å²) in [6.07, 6.45) is -2.78. The highest BCUT2D eigenvalue weighted by Gasteiger charge is 2.35. The van der Waals surface area contributed by atoms with Gasteiger partial charge in [0, 0.05) is 56.1 Å². The van der Waals surface area contributed by atoms with Crippen molar-refractivity contribution in [3.8, 4) is 0 Å². The number of ether oxygens (including phenoxy) is 1. The molecule has 0 saturated heterocycles. The van der Waals surface area contributed by atoms with Gasteiger partial charge in [-0.1, -0.05) is 20.8 Å². The Balaban J connectivity index is 1.77. The van der Waals surface area contributed by atoms with Gasteiger partial charge in [-0.25, -0.2) is 9.97 Å². The number of thiazole rings is 2. The van der Waals surface area contributed by atoms with Gasteiger partial charge in [0.25, 0.3) is 5.91 Å². The Morgan fingerprint density at radius 1 is 1.12 bits per heavy atom. The lowest BCUT2D eigenvalue weighted by Crippen LogP contribution is -2.42. The SMILES string of the molecule is CC(=O)OC(CC(C(C)C)N(C)C(=O)CC1CC1)c1nc(C(=O)N[C@@H](Cc2nc(C(F)(F)F)cs2)C[C@H](C)C(=O)O)cs1. The maximum Gasteiger partial charge on any atom is 0.434 e. The Bertz CT molecular complexity index is 1290. The van der Waals surface area contributed by atoms with Gasteiger partial charge in [-0.3, -0.25) is 19.2 Å². The smallest absolute Gasteiger partial charge is 0.434 e. The fourth-order valence-electron chi connectivity index (χ4n) is 4.66. The molecule has 0 spiro atoms. The molecule has 15 heteroatoms. The number of hydrogen-bond acceptors (Lipinski definition) is 9. The molecule has 43 heavy (non-hydrogen) atoms. The van der Waals surface area contributed by atoms with Crippen molar-refractivity contribution in [1.29, 1.82) is 0 Å². The zero-order valence-electron chi connectivity index (χ0n) is 24.6. The number of carbonyl (C=O) groups is 4. The predicted octanol–water partition coefficient (Wildman–Crippen LogP) is 5.35. The molecule has 0 bridgehead atoms. The van der Waals surface area contributed by atoms with Gasteiger partial charge in [-0.15, -0.1) is 22.7 Å². The van der Waals surface area contributed by atoms with E-state index in [2.05, 4.69) is 15.3 Å². The molecule has 1 fully saturated rings. The summed E-state index contributed by atoms with van der Waals surface area (Å²) < 4.78 is 44.7. The molecular weight excluding hydrogens is 609 g/mol.